The summed E-state index contributed by atoms with van der Waals surface area (Å²) in [6, 6.07) is 0. The molecule has 0 bridgehead atoms. The fourth-order valence-electron chi connectivity index (χ4n) is 0. The monoisotopic (exact) mass is 272 g/mol. The first-order chi connectivity index (χ1) is 0. The average molecular weight is 272 g/mol. The normalized spacial score (nSPS) is 0. The summed E-state index contributed by atoms with van der Waals surface area (Å²) in [4.78, 5) is 0. The predicted molar refractivity (Wildman–Crippen MR) is 8.50 cm³/mol. The third-order valence-corrected chi connectivity index (χ3v) is 0. The van der Waals surface area contributed by atoms with Crippen molar-refractivity contribution in [2.24, 2.45) is 0 Å². The Bertz CT molecular complexity index is 7.51. The first kappa shape index (κ1) is 172. The second-order valence-electron chi connectivity index (χ2n) is 0. The summed E-state index contributed by atoms with van der Waals surface area (Å²) in [7, 11) is 0. The molecular formula is MgO4W. The van der Waals surface area contributed by atoms with Crippen LogP contribution in [0.4, 0.5) is 0 Å². The molecule has 6 heteroatoms. The molecule has 6 heavy (non-hydrogen) atoms. The summed E-state index contributed by atoms with van der Waals surface area (Å²) in [5.74, 6) is 0. The molecule has 0 aliphatic rings. The first-order valence-electron chi connectivity index (χ1n) is 0. The number of hydrogen-bond acceptors (Lipinski definition) is 0. The Kier molecular flexibility index (Phi) is 3030. The minimum absolute atomic E-state index is 0. The SMILES string of the molecule is [Mg+2].[O-2].[O-2].[O-2].[O-2].[W+6]. The van der Waals surface area contributed by atoms with E-state index in [9.17, 15) is 0 Å². The van der Waals surface area contributed by atoms with E-state index in [4.69, 9.17) is 0 Å². The van der Waals surface area contributed by atoms with E-state index >= 15 is 0 Å². The topological polar surface area (TPSA) is 114 Å². The molecule has 0 aromatic rings. The molecule has 32 valence electrons. The van der Waals surface area contributed by atoms with Crippen molar-refractivity contribution in [2.75, 3.05) is 0 Å². The van der Waals surface area contributed by atoms with Crippen molar-refractivity contribution >= 4 is 23.1 Å². The molecule has 0 aliphatic carbocycles. The maximum absolute atomic E-state index is 0. The van der Waals surface area contributed by atoms with Crippen molar-refractivity contribution in [2.45, 2.75) is 0 Å². The second-order valence-corrected chi connectivity index (χ2v) is 0. The minimum Gasteiger partial charge on any atom is -2.00 e. The Hall–Kier alpha value is 1.29. The molecule has 0 saturated heterocycles. The third kappa shape index (κ3) is 58.3. The quantitative estimate of drug-likeness (QED) is 0.511. The van der Waals surface area contributed by atoms with Gasteiger partial charge in [0, 0.05) is 0 Å². The standard InChI is InChI=1S/Mg.4O.W/q+2;4*-2;+6. The zero-order valence-electron chi connectivity index (χ0n) is 2.75. The van der Waals surface area contributed by atoms with Gasteiger partial charge in [-0.2, -0.15) is 0 Å². The van der Waals surface area contributed by atoms with E-state index in [1.165, 1.54) is 0 Å². The van der Waals surface area contributed by atoms with Crippen LogP contribution < -0.4 is 0 Å². The van der Waals surface area contributed by atoms with E-state index in [-0.39, 0.29) is 66.0 Å². The summed E-state index contributed by atoms with van der Waals surface area (Å²) in [5, 5.41) is 0. The Labute approximate surface area is 65.9 Å². The fraction of sp³-hybridized carbons (Fsp3) is 0. The largest absolute Gasteiger partial charge is 6.00 e. The first-order valence-corrected chi connectivity index (χ1v) is 0. The van der Waals surface area contributed by atoms with Crippen molar-refractivity contribution in [3.63, 3.8) is 0 Å². The van der Waals surface area contributed by atoms with E-state index in [0.29, 0.717) is 0 Å². The van der Waals surface area contributed by atoms with Gasteiger partial charge in [-0.05, 0) is 0 Å². The van der Waals surface area contributed by atoms with Crippen LogP contribution in [0.5, 0.6) is 0 Å². The Morgan fingerprint density at radius 2 is 0.500 bits per heavy atom. The van der Waals surface area contributed by atoms with Gasteiger partial charge in [0.15, 0.2) is 0 Å². The summed E-state index contributed by atoms with van der Waals surface area (Å²) in [6.07, 6.45) is 0. The van der Waals surface area contributed by atoms with E-state index in [1.54, 1.807) is 0 Å². The Morgan fingerprint density at radius 1 is 0.500 bits per heavy atom. The fourth-order valence-corrected chi connectivity index (χ4v) is 0. The van der Waals surface area contributed by atoms with Gasteiger partial charge in [0.25, 0.3) is 0 Å². The molecular weight excluding hydrogens is 272 g/mol. The number of rotatable bonds is 0. The number of hydrogen-bond donors (Lipinski definition) is 0. The summed E-state index contributed by atoms with van der Waals surface area (Å²) < 4.78 is 0. The molecule has 0 unspecified atom stereocenters. The van der Waals surface area contributed by atoms with Crippen LogP contribution in [0.1, 0.15) is 0 Å². The third-order valence-electron chi connectivity index (χ3n) is 0. The van der Waals surface area contributed by atoms with Crippen molar-refractivity contribution in [1.82, 2.24) is 0 Å². The van der Waals surface area contributed by atoms with Crippen molar-refractivity contribution in [3.8, 4) is 0 Å². The van der Waals surface area contributed by atoms with Crippen molar-refractivity contribution in [1.29, 1.82) is 0 Å². The van der Waals surface area contributed by atoms with Crippen molar-refractivity contribution in [3.05, 3.63) is 0 Å². The van der Waals surface area contributed by atoms with Gasteiger partial charge in [0.05, 0.1) is 0 Å². The maximum atomic E-state index is 0. The van der Waals surface area contributed by atoms with E-state index in [2.05, 4.69) is 0 Å². The molecule has 0 fully saturated rings. The molecule has 0 aromatic heterocycles. The minimum atomic E-state index is 0. The molecule has 4 nitrogen and oxygen atoms in total. The summed E-state index contributed by atoms with van der Waals surface area (Å²) in [6.45, 7) is 0. The summed E-state index contributed by atoms with van der Waals surface area (Å²) in [5.41, 5.74) is 0. The van der Waals surface area contributed by atoms with Gasteiger partial charge >= 0.3 is 44.1 Å². The molecule has 0 N–H and O–H groups in total. The van der Waals surface area contributed by atoms with Crippen LogP contribution in [0.15, 0.2) is 0 Å². The van der Waals surface area contributed by atoms with E-state index in [1.807, 2.05) is 0 Å². The van der Waals surface area contributed by atoms with Gasteiger partial charge in [0.2, 0.25) is 0 Å². The Morgan fingerprint density at radius 3 is 0.500 bits per heavy atom. The van der Waals surface area contributed by atoms with Crippen LogP contribution in [0.3, 0.4) is 0 Å². The Balaban J connectivity index is 0. The molecule has 0 atom stereocenters. The van der Waals surface area contributed by atoms with Crippen LogP contribution in [-0.4, -0.2) is 23.1 Å². The zero-order chi connectivity index (χ0) is 0. The van der Waals surface area contributed by atoms with E-state index in [0.717, 1.165) is 0 Å². The average Bonchev–Trinajstić information content (AvgIpc) is 0. The van der Waals surface area contributed by atoms with Gasteiger partial charge < -0.3 is 21.9 Å². The molecule has 0 aromatic carbocycles. The van der Waals surface area contributed by atoms with Crippen LogP contribution >= 0.6 is 0 Å². The maximum Gasteiger partial charge on any atom is 6.00 e. The molecule has 0 spiro atoms. The van der Waals surface area contributed by atoms with Crippen LogP contribution in [0.2, 0.25) is 0 Å². The summed E-state index contributed by atoms with van der Waals surface area (Å²) >= 11 is 0. The zero-order valence-corrected chi connectivity index (χ0v) is 7.10. The smallest absolute Gasteiger partial charge is 2.00 e. The predicted octanol–water partition coefficient (Wildman–Crippen LogP) is -0.859. The van der Waals surface area contributed by atoms with Gasteiger partial charge in [-0.15, -0.1) is 0 Å². The van der Waals surface area contributed by atoms with Gasteiger partial charge in [-0.1, -0.05) is 0 Å². The molecule has 0 rings (SSSR count). The van der Waals surface area contributed by atoms with Crippen LogP contribution in [0.25, 0.3) is 0 Å². The van der Waals surface area contributed by atoms with Gasteiger partial charge in [-0.3, -0.25) is 0 Å². The van der Waals surface area contributed by atoms with E-state index < -0.39 is 0 Å². The second kappa shape index (κ2) is 105. The molecule has 0 radical (unpaired) electrons. The van der Waals surface area contributed by atoms with Crippen LogP contribution in [-0.2, 0) is 43.0 Å². The molecule has 0 heterocycles. The van der Waals surface area contributed by atoms with Crippen LogP contribution in [0, 0.1) is 0 Å². The molecule has 0 amide bonds. The molecule has 0 saturated carbocycles. The van der Waals surface area contributed by atoms with Crippen molar-refractivity contribution < 1.29 is 43.0 Å². The van der Waals surface area contributed by atoms with Gasteiger partial charge in [-0.25, -0.2) is 0 Å². The van der Waals surface area contributed by atoms with Gasteiger partial charge in [0.1, 0.15) is 0 Å². The molecule has 0 aliphatic heterocycles.